The highest BCUT2D eigenvalue weighted by Crippen LogP contribution is 2.26. The zero-order valence-corrected chi connectivity index (χ0v) is 38.7. The summed E-state index contributed by atoms with van der Waals surface area (Å²) in [4.78, 5) is 23.0. The molecule has 0 aromatic heterocycles. The third-order valence-corrected chi connectivity index (χ3v) is 10.7. The Morgan fingerprint density at radius 3 is 1.35 bits per heavy atom. The minimum absolute atomic E-state index is 0.137. The Bertz CT molecular complexity index is 723. The lowest BCUT2D eigenvalue weighted by Crippen LogP contribution is -2.30. The number of hydrogen-bond donors (Lipinski definition) is 0. The van der Waals surface area contributed by atoms with Crippen molar-refractivity contribution in [3.05, 3.63) is 0 Å². The van der Waals surface area contributed by atoms with Gasteiger partial charge in [0.1, 0.15) is 19.5 Å². The van der Waals surface area contributed by atoms with Gasteiger partial charge in [-0.05, 0) is 65.1 Å². The van der Waals surface area contributed by atoms with Gasteiger partial charge in [0.2, 0.25) is 0 Å². The summed E-state index contributed by atoms with van der Waals surface area (Å²) in [5, 5.41) is 0. The zero-order valence-electron chi connectivity index (χ0n) is 38.7. The van der Waals surface area contributed by atoms with Crippen LogP contribution in [0.2, 0.25) is 0 Å². The normalized spacial score (nSPS) is 13.3. The van der Waals surface area contributed by atoms with Gasteiger partial charge in [0, 0.05) is 26.7 Å². The molecule has 0 rings (SSSR count). The van der Waals surface area contributed by atoms with Crippen molar-refractivity contribution < 1.29 is 28.5 Å². The fraction of sp³-hybridized carbons (Fsp3) is 0.958. The van der Waals surface area contributed by atoms with E-state index >= 15 is 0 Å². The number of rotatable bonds is 40. The Labute approximate surface area is 344 Å². The van der Waals surface area contributed by atoms with Crippen LogP contribution in [0.1, 0.15) is 221 Å². The van der Waals surface area contributed by atoms with Crippen molar-refractivity contribution in [3.63, 3.8) is 0 Å². The maximum absolute atomic E-state index is 12.8. The predicted molar refractivity (Wildman–Crippen MR) is 238 cm³/mol. The molecule has 332 valence electrons. The van der Waals surface area contributed by atoms with Gasteiger partial charge in [0.25, 0.3) is 0 Å². The highest BCUT2D eigenvalue weighted by Gasteiger charge is 2.26. The van der Waals surface area contributed by atoms with Crippen LogP contribution >= 0.6 is 0 Å². The molecule has 0 saturated heterocycles. The Kier molecular flexibility index (Phi) is 52.1. The minimum Gasteiger partial charge on any atom is -0.463 e. The number of methoxy groups -OCH3 is 1. The molecule has 0 saturated carbocycles. The number of esters is 1. The van der Waals surface area contributed by atoms with E-state index in [-0.39, 0.29) is 30.7 Å². The van der Waals surface area contributed by atoms with Crippen molar-refractivity contribution in [2.45, 2.75) is 234 Å². The van der Waals surface area contributed by atoms with Gasteiger partial charge >= 0.3 is 5.97 Å². The fourth-order valence-corrected chi connectivity index (χ4v) is 7.19. The lowest BCUT2D eigenvalue weighted by Gasteiger charge is -2.28. The molecule has 0 aliphatic rings. The Morgan fingerprint density at radius 2 is 0.982 bits per heavy atom. The molecule has 0 aliphatic carbocycles. The molecular weight excluding hydrogens is 687 g/mol. The molecular formula is C48H99NO6. The second kappa shape index (κ2) is 49.1. The number of unbranched alkanes of at least 4 members (excludes halogenated alkanes) is 22. The van der Waals surface area contributed by atoms with E-state index < -0.39 is 0 Å². The molecule has 0 bridgehead atoms. The molecule has 0 fully saturated rings. The van der Waals surface area contributed by atoms with Crippen LogP contribution in [0.3, 0.4) is 0 Å². The van der Waals surface area contributed by atoms with Crippen molar-refractivity contribution in [1.82, 2.24) is 4.90 Å². The van der Waals surface area contributed by atoms with Gasteiger partial charge in [-0.2, -0.15) is 0 Å². The summed E-state index contributed by atoms with van der Waals surface area (Å²) < 4.78 is 23.6. The number of ether oxygens (including phenoxy) is 4. The highest BCUT2D eigenvalue weighted by atomic mass is 16.6. The maximum Gasteiger partial charge on any atom is 0.306 e. The van der Waals surface area contributed by atoms with Gasteiger partial charge < -0.3 is 28.6 Å². The van der Waals surface area contributed by atoms with Gasteiger partial charge in [0.15, 0.2) is 0 Å². The Morgan fingerprint density at radius 1 is 0.564 bits per heavy atom. The smallest absolute Gasteiger partial charge is 0.306 e. The average molecular weight is 786 g/mol. The van der Waals surface area contributed by atoms with E-state index in [1.54, 1.807) is 7.11 Å². The van der Waals surface area contributed by atoms with Gasteiger partial charge in [-0.1, -0.05) is 182 Å². The standard InChI is InChI=1S/C42H84O5.C5H13N.CH2O/c1-7-10-12-14-16-18-20-22-24-26-28-30-33-45-36-40(37-47-42(43)35-38(4)41(32-9-3)39(5)44-6)46-34-31-29-27-25-23-21-19-17-15-13-11-8-2;1-4-5-6(2)3;1-2/h38-41H,7-37H2,1-6H3;4-5H2,1-3H3;1H2. The lowest BCUT2D eigenvalue weighted by molar-refractivity contribution is -0.151. The molecule has 4 unspecified atom stereocenters. The van der Waals surface area contributed by atoms with Crippen LogP contribution in [0.25, 0.3) is 0 Å². The summed E-state index contributed by atoms with van der Waals surface area (Å²) in [5.74, 6) is 0.441. The third kappa shape index (κ3) is 45.6. The molecule has 55 heavy (non-hydrogen) atoms. The second-order valence-electron chi connectivity index (χ2n) is 16.4. The van der Waals surface area contributed by atoms with Crippen molar-refractivity contribution in [3.8, 4) is 0 Å². The van der Waals surface area contributed by atoms with E-state index in [2.05, 4.69) is 60.5 Å². The van der Waals surface area contributed by atoms with Crippen molar-refractivity contribution in [2.75, 3.05) is 54.2 Å². The number of hydrogen-bond acceptors (Lipinski definition) is 7. The summed E-state index contributed by atoms with van der Waals surface area (Å²) in [7, 11) is 5.93. The van der Waals surface area contributed by atoms with Crippen LogP contribution in [0.5, 0.6) is 0 Å². The van der Waals surface area contributed by atoms with E-state index in [1.165, 1.54) is 154 Å². The highest BCUT2D eigenvalue weighted by molar-refractivity contribution is 5.69. The van der Waals surface area contributed by atoms with Gasteiger partial charge in [-0.15, -0.1) is 0 Å². The molecule has 0 radical (unpaired) electrons. The van der Waals surface area contributed by atoms with Crippen LogP contribution in [-0.4, -0.2) is 84.0 Å². The molecule has 0 spiro atoms. The molecule has 0 aliphatic heterocycles. The predicted octanol–water partition coefficient (Wildman–Crippen LogP) is 13.6. The van der Waals surface area contributed by atoms with Crippen molar-refractivity contribution in [2.24, 2.45) is 11.8 Å². The Balaban J connectivity index is -0.00000305. The fourth-order valence-electron chi connectivity index (χ4n) is 7.19. The first-order chi connectivity index (χ1) is 26.8. The van der Waals surface area contributed by atoms with Gasteiger partial charge in [-0.25, -0.2) is 0 Å². The summed E-state index contributed by atoms with van der Waals surface area (Å²) in [6.07, 6.45) is 35.9. The van der Waals surface area contributed by atoms with E-state index in [1.807, 2.05) is 6.79 Å². The molecule has 0 heterocycles. The van der Waals surface area contributed by atoms with Crippen LogP contribution in [0, 0.1) is 11.8 Å². The molecule has 7 heteroatoms. The third-order valence-electron chi connectivity index (χ3n) is 10.7. The van der Waals surface area contributed by atoms with Gasteiger partial charge in [0.05, 0.1) is 12.7 Å². The number of nitrogens with zero attached hydrogens (tertiary/aromatic N) is 1. The van der Waals surface area contributed by atoms with Crippen LogP contribution in [0.15, 0.2) is 0 Å². The van der Waals surface area contributed by atoms with E-state index in [9.17, 15) is 4.79 Å². The van der Waals surface area contributed by atoms with E-state index in [4.69, 9.17) is 23.7 Å². The first-order valence-electron chi connectivity index (χ1n) is 23.6. The topological polar surface area (TPSA) is 74.3 Å². The molecule has 0 amide bonds. The first kappa shape index (κ1) is 58.3. The van der Waals surface area contributed by atoms with E-state index in [0.29, 0.717) is 25.6 Å². The van der Waals surface area contributed by atoms with E-state index in [0.717, 1.165) is 32.3 Å². The van der Waals surface area contributed by atoms with Crippen molar-refractivity contribution in [1.29, 1.82) is 0 Å². The molecule has 7 nitrogen and oxygen atoms in total. The summed E-state index contributed by atoms with van der Waals surface area (Å²) in [5.41, 5.74) is 0. The van der Waals surface area contributed by atoms with Gasteiger partial charge in [-0.3, -0.25) is 4.79 Å². The quantitative estimate of drug-likeness (QED) is 0.0452. The van der Waals surface area contributed by atoms with Crippen LogP contribution < -0.4 is 0 Å². The average Bonchev–Trinajstić information content (AvgIpc) is 3.18. The zero-order chi connectivity index (χ0) is 41.6. The number of carbonyl (C=O) groups excluding carboxylic acids is 2. The lowest BCUT2D eigenvalue weighted by atomic mass is 9.84. The molecule has 0 aromatic rings. The van der Waals surface area contributed by atoms with Crippen molar-refractivity contribution >= 4 is 12.8 Å². The molecule has 4 atom stereocenters. The number of carbonyl (C=O) groups is 2. The summed E-state index contributed by atoms with van der Waals surface area (Å²) in [6.45, 7) is 18.6. The monoisotopic (exact) mass is 786 g/mol. The maximum atomic E-state index is 12.8. The molecule has 0 N–H and O–H groups in total. The Hall–Kier alpha value is -1.02. The first-order valence-corrected chi connectivity index (χ1v) is 23.6. The van der Waals surface area contributed by atoms with Crippen LogP contribution in [-0.2, 0) is 28.5 Å². The molecule has 0 aromatic carbocycles. The SMILES string of the molecule is C=O.CCCCCCCCCCCCCCOCC(COC(=O)CC(C)C(CCC)C(C)OC)OCCCCCCCCCCCCCC.CCCN(C)C. The van der Waals surface area contributed by atoms with Crippen LogP contribution in [0.4, 0.5) is 0 Å². The summed E-state index contributed by atoms with van der Waals surface area (Å²) in [6, 6.07) is 0. The largest absolute Gasteiger partial charge is 0.463 e. The minimum atomic E-state index is -0.191. The summed E-state index contributed by atoms with van der Waals surface area (Å²) >= 11 is 0. The second-order valence-corrected chi connectivity index (χ2v) is 16.4.